The average molecular weight is 381 g/mol. The number of thiazole rings is 1. The van der Waals surface area contributed by atoms with Gasteiger partial charge in [-0.05, 0) is 36.2 Å². The summed E-state index contributed by atoms with van der Waals surface area (Å²) in [5.74, 6) is 0.645. The number of carbonyl (C=O) groups is 1. The minimum absolute atomic E-state index is 0.108. The number of quaternary nitrogens is 1. The van der Waals surface area contributed by atoms with E-state index in [0.29, 0.717) is 12.5 Å². The van der Waals surface area contributed by atoms with E-state index in [0.717, 1.165) is 43.6 Å². The maximum Gasteiger partial charge on any atom is 0.279 e. The van der Waals surface area contributed by atoms with Crippen molar-refractivity contribution in [3.63, 3.8) is 0 Å². The summed E-state index contributed by atoms with van der Waals surface area (Å²) in [7, 11) is 0. The van der Waals surface area contributed by atoms with Gasteiger partial charge in [-0.1, -0.05) is 31.2 Å². The van der Waals surface area contributed by atoms with Crippen molar-refractivity contribution in [1.29, 1.82) is 0 Å². The zero-order valence-electron chi connectivity index (χ0n) is 15.7. The maximum absolute atomic E-state index is 12.4. The van der Waals surface area contributed by atoms with Crippen molar-refractivity contribution in [1.82, 2.24) is 4.98 Å². The van der Waals surface area contributed by atoms with Gasteiger partial charge >= 0.3 is 0 Å². The Bertz CT molecular complexity index is 895. The van der Waals surface area contributed by atoms with Gasteiger partial charge in [-0.25, -0.2) is 4.98 Å². The quantitative estimate of drug-likeness (QED) is 0.714. The zero-order valence-corrected chi connectivity index (χ0v) is 16.5. The van der Waals surface area contributed by atoms with E-state index in [2.05, 4.69) is 42.6 Å². The van der Waals surface area contributed by atoms with Gasteiger partial charge < -0.3 is 10.2 Å². The van der Waals surface area contributed by atoms with Gasteiger partial charge in [0.05, 0.1) is 28.3 Å². The van der Waals surface area contributed by atoms with Crippen molar-refractivity contribution in [3.05, 3.63) is 59.1 Å². The van der Waals surface area contributed by atoms with Crippen LogP contribution in [0, 0.1) is 0 Å². The van der Waals surface area contributed by atoms with E-state index in [9.17, 15) is 4.79 Å². The summed E-state index contributed by atoms with van der Waals surface area (Å²) in [4.78, 5) is 18.6. The first-order valence-electron chi connectivity index (χ1n) is 9.79. The number of hydrogen-bond acceptors (Lipinski definition) is 3. The Hall–Kier alpha value is -2.24. The van der Waals surface area contributed by atoms with Crippen LogP contribution in [0.2, 0.25) is 0 Å². The molecule has 1 aromatic heterocycles. The molecule has 27 heavy (non-hydrogen) atoms. The Morgan fingerprint density at radius 3 is 2.78 bits per heavy atom. The van der Waals surface area contributed by atoms with Crippen LogP contribution in [0.5, 0.6) is 0 Å². The van der Waals surface area contributed by atoms with Crippen LogP contribution in [0.25, 0.3) is 10.2 Å². The molecule has 2 aromatic carbocycles. The molecule has 1 amide bonds. The third-order valence-electron chi connectivity index (χ3n) is 5.38. The lowest BCUT2D eigenvalue weighted by Gasteiger charge is -2.27. The third kappa shape index (κ3) is 4.37. The number of nitrogens with zero attached hydrogens (tertiary/aromatic N) is 1. The number of amides is 1. The van der Waals surface area contributed by atoms with Crippen LogP contribution < -0.4 is 10.2 Å². The maximum atomic E-state index is 12.4. The summed E-state index contributed by atoms with van der Waals surface area (Å²) >= 11 is 1.82. The molecule has 1 aliphatic heterocycles. The monoisotopic (exact) mass is 380 g/mol. The second kappa shape index (κ2) is 8.19. The van der Waals surface area contributed by atoms with Gasteiger partial charge in [-0.3, -0.25) is 4.79 Å². The number of benzene rings is 2. The number of rotatable bonds is 5. The molecule has 0 atom stereocenters. The average Bonchev–Trinajstić information content (AvgIpc) is 3.13. The lowest BCUT2D eigenvalue weighted by atomic mass is 9.97. The van der Waals surface area contributed by atoms with E-state index in [1.807, 2.05) is 29.5 Å². The lowest BCUT2D eigenvalue weighted by Crippen LogP contribution is -3.14. The van der Waals surface area contributed by atoms with Gasteiger partial charge in [0, 0.05) is 24.4 Å². The molecule has 2 heterocycles. The smallest absolute Gasteiger partial charge is 0.279 e. The van der Waals surface area contributed by atoms with Crippen molar-refractivity contribution < 1.29 is 9.69 Å². The molecule has 1 fully saturated rings. The molecule has 4 nitrogen and oxygen atoms in total. The second-order valence-corrected chi connectivity index (χ2v) is 8.39. The van der Waals surface area contributed by atoms with E-state index in [4.69, 9.17) is 4.98 Å². The molecule has 140 valence electrons. The van der Waals surface area contributed by atoms with Crippen LogP contribution in [-0.4, -0.2) is 30.5 Å². The van der Waals surface area contributed by atoms with Crippen LogP contribution in [-0.2, 0) is 11.2 Å². The Morgan fingerprint density at radius 1 is 1.19 bits per heavy atom. The Labute approximate surface area is 164 Å². The summed E-state index contributed by atoms with van der Waals surface area (Å²) in [5, 5.41) is 4.31. The van der Waals surface area contributed by atoms with Crippen molar-refractivity contribution >= 4 is 33.1 Å². The fraction of sp³-hybridized carbons (Fsp3) is 0.364. The van der Waals surface area contributed by atoms with Gasteiger partial charge in [0.2, 0.25) is 0 Å². The number of para-hydroxylation sites is 1. The molecule has 2 N–H and O–H groups in total. The Kier molecular flexibility index (Phi) is 5.50. The fourth-order valence-electron chi connectivity index (χ4n) is 3.82. The molecule has 5 heteroatoms. The molecule has 0 aliphatic carbocycles. The number of nitrogens with one attached hydrogen (secondary N) is 2. The summed E-state index contributed by atoms with van der Waals surface area (Å²) in [6, 6.07) is 16.5. The largest absolute Gasteiger partial charge is 0.327 e. The first-order chi connectivity index (χ1) is 13.2. The minimum atomic E-state index is 0.108. The van der Waals surface area contributed by atoms with Gasteiger partial charge in [-0.15, -0.1) is 11.3 Å². The highest BCUT2D eigenvalue weighted by molar-refractivity contribution is 7.18. The van der Waals surface area contributed by atoms with Crippen molar-refractivity contribution in [2.75, 3.05) is 25.0 Å². The number of piperidine rings is 1. The number of aromatic nitrogens is 1. The molecule has 3 aromatic rings. The number of likely N-dealkylation sites (tertiary alicyclic amines) is 1. The molecule has 0 unspecified atom stereocenters. The predicted molar refractivity (Wildman–Crippen MR) is 112 cm³/mol. The number of hydrogen-bond donors (Lipinski definition) is 2. The Morgan fingerprint density at radius 2 is 2.00 bits per heavy atom. The van der Waals surface area contributed by atoms with E-state index >= 15 is 0 Å². The second-order valence-electron chi connectivity index (χ2n) is 7.32. The van der Waals surface area contributed by atoms with Crippen molar-refractivity contribution in [2.24, 2.45) is 0 Å². The highest BCUT2D eigenvalue weighted by Gasteiger charge is 2.27. The predicted octanol–water partition coefficient (Wildman–Crippen LogP) is 3.26. The first kappa shape index (κ1) is 18.1. The number of anilines is 1. The molecule has 1 saturated heterocycles. The topological polar surface area (TPSA) is 46.4 Å². The number of aryl methyl sites for hydroxylation is 1. The normalized spacial score (nSPS) is 19.9. The lowest BCUT2D eigenvalue weighted by molar-refractivity contribution is -0.897. The van der Waals surface area contributed by atoms with Crippen molar-refractivity contribution in [3.8, 4) is 0 Å². The third-order valence-corrected chi connectivity index (χ3v) is 6.58. The molecule has 1 aliphatic rings. The van der Waals surface area contributed by atoms with E-state index < -0.39 is 0 Å². The van der Waals surface area contributed by atoms with E-state index in [1.165, 1.54) is 20.2 Å². The number of carbonyl (C=O) groups excluding carboxylic acids is 1. The number of fused-ring (bicyclic) bond motifs is 1. The van der Waals surface area contributed by atoms with Gasteiger partial charge in [0.15, 0.2) is 6.54 Å². The van der Waals surface area contributed by atoms with Gasteiger partial charge in [-0.2, -0.15) is 0 Å². The molecular weight excluding hydrogens is 354 g/mol. The van der Waals surface area contributed by atoms with Crippen LogP contribution in [0.15, 0.2) is 48.5 Å². The van der Waals surface area contributed by atoms with Crippen molar-refractivity contribution in [2.45, 2.75) is 32.1 Å². The fourth-order valence-corrected chi connectivity index (χ4v) is 4.95. The summed E-state index contributed by atoms with van der Waals surface area (Å²) in [5.41, 5.74) is 3.26. The van der Waals surface area contributed by atoms with Crippen LogP contribution in [0.4, 0.5) is 5.69 Å². The summed E-state index contributed by atoms with van der Waals surface area (Å²) in [6.45, 7) is 4.73. The van der Waals surface area contributed by atoms with E-state index in [-0.39, 0.29) is 5.91 Å². The van der Waals surface area contributed by atoms with Crippen LogP contribution in [0.1, 0.15) is 36.3 Å². The van der Waals surface area contributed by atoms with Gasteiger partial charge in [0.1, 0.15) is 0 Å². The standard InChI is InChI=1S/C22H25N3OS/c1-2-16-6-5-7-18(14-16)23-21(26)15-25-12-10-17(11-13-25)22-24-19-8-3-4-9-20(19)27-22/h3-9,14,17H,2,10-13,15H2,1H3,(H,23,26)/p+1. The zero-order chi connectivity index (χ0) is 18.6. The molecule has 4 rings (SSSR count). The van der Waals surface area contributed by atoms with Crippen LogP contribution in [0.3, 0.4) is 0 Å². The summed E-state index contributed by atoms with van der Waals surface area (Å²) in [6.07, 6.45) is 3.19. The van der Waals surface area contributed by atoms with E-state index in [1.54, 1.807) is 0 Å². The molecule has 0 saturated carbocycles. The molecular formula is C22H26N3OS+. The minimum Gasteiger partial charge on any atom is -0.327 e. The van der Waals surface area contributed by atoms with Gasteiger partial charge in [0.25, 0.3) is 5.91 Å². The molecule has 0 bridgehead atoms. The highest BCUT2D eigenvalue weighted by Crippen LogP contribution is 2.31. The summed E-state index contributed by atoms with van der Waals surface area (Å²) < 4.78 is 1.27. The molecule has 0 spiro atoms. The Balaban J connectivity index is 1.30. The first-order valence-corrected chi connectivity index (χ1v) is 10.6. The SMILES string of the molecule is CCc1cccc(NC(=O)C[NH+]2CCC(c3nc4ccccc4s3)CC2)c1. The highest BCUT2D eigenvalue weighted by atomic mass is 32.1. The van der Waals surface area contributed by atoms with Crippen LogP contribution >= 0.6 is 11.3 Å². The molecule has 0 radical (unpaired) electrons.